The van der Waals surface area contributed by atoms with E-state index in [0.717, 1.165) is 5.56 Å². The minimum Gasteiger partial charge on any atom is -0.465 e. The molecule has 0 fully saturated rings. The van der Waals surface area contributed by atoms with Gasteiger partial charge in [-0.2, -0.15) is 0 Å². The summed E-state index contributed by atoms with van der Waals surface area (Å²) in [7, 11) is 1.26. The van der Waals surface area contributed by atoms with Crippen molar-refractivity contribution < 1.29 is 19.1 Å². The maximum Gasteiger partial charge on any atom is 0.339 e. The average molecular weight is 389 g/mol. The first-order valence-corrected chi connectivity index (χ1v) is 8.81. The summed E-state index contributed by atoms with van der Waals surface area (Å²) >= 11 is 0. The highest BCUT2D eigenvalue weighted by atomic mass is 16.5. The van der Waals surface area contributed by atoms with Gasteiger partial charge in [-0.1, -0.05) is 30.3 Å². The van der Waals surface area contributed by atoms with E-state index in [1.54, 1.807) is 36.4 Å². The van der Waals surface area contributed by atoms with Crippen molar-refractivity contribution in [3.05, 3.63) is 89.2 Å². The van der Waals surface area contributed by atoms with Crippen molar-refractivity contribution in [2.24, 2.45) is 0 Å². The fourth-order valence-corrected chi connectivity index (χ4v) is 2.67. The van der Waals surface area contributed by atoms with E-state index in [0.29, 0.717) is 11.4 Å². The molecule has 3 aromatic rings. The Morgan fingerprint density at radius 1 is 0.828 bits per heavy atom. The van der Waals surface area contributed by atoms with E-state index in [1.165, 1.54) is 19.2 Å². The fraction of sp³-hybridized carbons (Fsp3) is 0.0909. The molecule has 29 heavy (non-hydrogen) atoms. The summed E-state index contributed by atoms with van der Waals surface area (Å²) in [5, 5.41) is 5.38. The third kappa shape index (κ3) is 4.84. The number of hydrogen-bond donors (Lipinski definition) is 2. The van der Waals surface area contributed by atoms with Crippen LogP contribution in [0.3, 0.4) is 0 Å². The highest BCUT2D eigenvalue weighted by Gasteiger charge is 2.16. The predicted octanol–water partition coefficient (Wildman–Crippen LogP) is 3.68. The summed E-state index contributed by atoms with van der Waals surface area (Å²) in [5.41, 5.74) is 2.30. The standard InChI is InChI=1S/C22H19N3O4/c1-14-7-5-8-15(13-14)23-20(26)18-11-6-12-19(24-18)21(27)25-17-10-4-3-9-16(17)22(28)29-2/h3-13H,1-2H3,(H,23,26)(H,25,27). The van der Waals surface area contributed by atoms with Crippen molar-refractivity contribution in [3.63, 3.8) is 0 Å². The number of para-hydroxylation sites is 1. The molecule has 146 valence electrons. The van der Waals surface area contributed by atoms with E-state index < -0.39 is 17.8 Å². The van der Waals surface area contributed by atoms with Gasteiger partial charge >= 0.3 is 5.97 Å². The molecule has 2 amide bonds. The van der Waals surface area contributed by atoms with Gasteiger partial charge in [0.15, 0.2) is 0 Å². The summed E-state index contributed by atoms with van der Waals surface area (Å²) in [6.07, 6.45) is 0. The Hall–Kier alpha value is -4.00. The number of nitrogens with zero attached hydrogens (tertiary/aromatic N) is 1. The molecule has 7 heteroatoms. The van der Waals surface area contributed by atoms with E-state index >= 15 is 0 Å². The first kappa shape index (κ1) is 19.8. The van der Waals surface area contributed by atoms with Crippen LogP contribution in [0.5, 0.6) is 0 Å². The minimum absolute atomic E-state index is 0.0431. The zero-order valence-electron chi connectivity index (χ0n) is 15.9. The molecule has 0 unspecified atom stereocenters. The molecule has 0 bridgehead atoms. The summed E-state index contributed by atoms with van der Waals surface area (Å²) in [6.45, 7) is 1.92. The number of rotatable bonds is 5. The van der Waals surface area contributed by atoms with Crippen molar-refractivity contribution in [1.29, 1.82) is 0 Å². The van der Waals surface area contributed by atoms with Crippen LogP contribution in [0.1, 0.15) is 36.9 Å². The number of methoxy groups -OCH3 is 1. The maximum atomic E-state index is 12.6. The first-order chi connectivity index (χ1) is 14.0. The second kappa shape index (κ2) is 8.79. The Kier molecular flexibility index (Phi) is 5.99. The number of ether oxygens (including phenoxy) is 1. The van der Waals surface area contributed by atoms with Gasteiger partial charge in [-0.25, -0.2) is 9.78 Å². The molecule has 0 saturated carbocycles. The monoisotopic (exact) mass is 389 g/mol. The number of amides is 2. The number of nitrogens with one attached hydrogen (secondary N) is 2. The van der Waals surface area contributed by atoms with Gasteiger partial charge in [0.25, 0.3) is 11.8 Å². The molecule has 0 saturated heterocycles. The van der Waals surface area contributed by atoms with Crippen LogP contribution in [-0.4, -0.2) is 29.9 Å². The van der Waals surface area contributed by atoms with Crippen LogP contribution >= 0.6 is 0 Å². The number of pyridine rings is 1. The van der Waals surface area contributed by atoms with Gasteiger partial charge in [-0.05, 0) is 48.9 Å². The van der Waals surface area contributed by atoms with E-state index in [2.05, 4.69) is 15.6 Å². The van der Waals surface area contributed by atoms with Gasteiger partial charge in [-0.3, -0.25) is 9.59 Å². The molecule has 0 aliphatic heterocycles. The largest absolute Gasteiger partial charge is 0.465 e. The Balaban J connectivity index is 1.78. The summed E-state index contributed by atoms with van der Waals surface area (Å²) in [4.78, 5) is 41.1. The van der Waals surface area contributed by atoms with Crippen molar-refractivity contribution in [1.82, 2.24) is 4.98 Å². The van der Waals surface area contributed by atoms with Crippen LogP contribution in [0.2, 0.25) is 0 Å². The van der Waals surface area contributed by atoms with Gasteiger partial charge in [0, 0.05) is 5.69 Å². The van der Waals surface area contributed by atoms with Gasteiger partial charge in [0.2, 0.25) is 0 Å². The Morgan fingerprint density at radius 3 is 2.17 bits per heavy atom. The smallest absolute Gasteiger partial charge is 0.339 e. The Bertz CT molecular complexity index is 1080. The lowest BCUT2D eigenvalue weighted by Crippen LogP contribution is -2.19. The third-order valence-electron chi connectivity index (χ3n) is 4.07. The zero-order valence-corrected chi connectivity index (χ0v) is 15.9. The quantitative estimate of drug-likeness (QED) is 0.649. The van der Waals surface area contributed by atoms with Crippen LogP contribution in [0.15, 0.2) is 66.7 Å². The molecule has 1 aromatic heterocycles. The van der Waals surface area contributed by atoms with Crippen molar-refractivity contribution in [3.8, 4) is 0 Å². The highest BCUT2D eigenvalue weighted by Crippen LogP contribution is 2.17. The van der Waals surface area contributed by atoms with Gasteiger partial charge in [0.1, 0.15) is 11.4 Å². The number of aromatic nitrogens is 1. The van der Waals surface area contributed by atoms with Crippen LogP contribution in [0.25, 0.3) is 0 Å². The third-order valence-corrected chi connectivity index (χ3v) is 4.07. The van der Waals surface area contributed by atoms with E-state index in [1.807, 2.05) is 25.1 Å². The molecule has 2 N–H and O–H groups in total. The molecule has 0 atom stereocenters. The number of hydrogen-bond acceptors (Lipinski definition) is 5. The van der Waals surface area contributed by atoms with E-state index in [4.69, 9.17) is 4.74 Å². The molecular weight excluding hydrogens is 370 g/mol. The van der Waals surface area contributed by atoms with E-state index in [9.17, 15) is 14.4 Å². The molecule has 0 aliphatic carbocycles. The first-order valence-electron chi connectivity index (χ1n) is 8.81. The predicted molar refractivity (Wildman–Crippen MR) is 109 cm³/mol. The van der Waals surface area contributed by atoms with Crippen LogP contribution in [0, 0.1) is 6.92 Å². The lowest BCUT2D eigenvalue weighted by atomic mass is 10.1. The number of benzene rings is 2. The molecule has 2 aromatic carbocycles. The van der Waals surface area contributed by atoms with Gasteiger partial charge in [-0.15, -0.1) is 0 Å². The van der Waals surface area contributed by atoms with Crippen LogP contribution < -0.4 is 10.6 Å². The zero-order chi connectivity index (χ0) is 20.8. The molecule has 7 nitrogen and oxygen atoms in total. The summed E-state index contributed by atoms with van der Waals surface area (Å²) in [6, 6.07) is 18.4. The maximum absolute atomic E-state index is 12.6. The molecule has 1 heterocycles. The number of anilines is 2. The number of carbonyl (C=O) groups excluding carboxylic acids is 3. The van der Waals surface area contributed by atoms with Crippen LogP contribution in [0.4, 0.5) is 11.4 Å². The highest BCUT2D eigenvalue weighted by molar-refractivity contribution is 6.08. The topological polar surface area (TPSA) is 97.4 Å². The number of aryl methyl sites for hydroxylation is 1. The number of carbonyl (C=O) groups is 3. The SMILES string of the molecule is COC(=O)c1ccccc1NC(=O)c1cccc(C(=O)Nc2cccc(C)c2)n1. The van der Waals surface area contributed by atoms with Gasteiger partial charge in [0.05, 0.1) is 18.4 Å². The van der Waals surface area contributed by atoms with E-state index in [-0.39, 0.29) is 17.0 Å². The van der Waals surface area contributed by atoms with Crippen LogP contribution in [-0.2, 0) is 4.74 Å². The lowest BCUT2D eigenvalue weighted by Gasteiger charge is -2.10. The van der Waals surface area contributed by atoms with Crippen molar-refractivity contribution >= 4 is 29.2 Å². The minimum atomic E-state index is -0.569. The molecule has 0 spiro atoms. The summed E-state index contributed by atoms with van der Waals surface area (Å²) < 4.78 is 4.72. The average Bonchev–Trinajstić information content (AvgIpc) is 2.73. The fourth-order valence-electron chi connectivity index (χ4n) is 2.67. The normalized spacial score (nSPS) is 10.1. The molecule has 0 radical (unpaired) electrons. The Morgan fingerprint density at radius 2 is 1.48 bits per heavy atom. The second-order valence-corrected chi connectivity index (χ2v) is 6.22. The second-order valence-electron chi connectivity index (χ2n) is 6.22. The molecular formula is C22H19N3O4. The molecule has 0 aliphatic rings. The van der Waals surface area contributed by atoms with Gasteiger partial charge < -0.3 is 15.4 Å². The van der Waals surface area contributed by atoms with Crippen molar-refractivity contribution in [2.75, 3.05) is 17.7 Å². The molecule has 3 rings (SSSR count). The summed E-state index contributed by atoms with van der Waals surface area (Å²) in [5.74, 6) is -1.55. The lowest BCUT2D eigenvalue weighted by molar-refractivity contribution is 0.0601. The Labute approximate surface area is 167 Å². The van der Waals surface area contributed by atoms with Crippen molar-refractivity contribution in [2.45, 2.75) is 6.92 Å². The number of esters is 1.